The third-order valence-electron chi connectivity index (χ3n) is 2.26. The van der Waals surface area contributed by atoms with Crippen molar-refractivity contribution in [2.24, 2.45) is 12.8 Å². The van der Waals surface area contributed by atoms with Gasteiger partial charge in [-0.3, -0.25) is 4.98 Å². The Bertz CT molecular complexity index is 464. The van der Waals surface area contributed by atoms with Gasteiger partial charge in [0.15, 0.2) is 5.15 Å². The fraction of sp³-hybridized carbons (Fsp3) is 0.200. The normalized spacial score (nSPS) is 10.6. The molecule has 15 heavy (non-hydrogen) atoms. The SMILES string of the molecule is Cn1c(CN)nc(Cl)c1-c1cccnc1. The van der Waals surface area contributed by atoms with E-state index in [4.69, 9.17) is 17.3 Å². The van der Waals surface area contributed by atoms with Crippen LogP contribution in [0.2, 0.25) is 5.15 Å². The molecule has 4 nitrogen and oxygen atoms in total. The van der Waals surface area contributed by atoms with Gasteiger partial charge in [-0.2, -0.15) is 0 Å². The molecule has 2 aromatic rings. The van der Waals surface area contributed by atoms with Crippen LogP contribution in [-0.4, -0.2) is 14.5 Å². The van der Waals surface area contributed by atoms with Gasteiger partial charge < -0.3 is 10.3 Å². The van der Waals surface area contributed by atoms with E-state index in [2.05, 4.69) is 9.97 Å². The summed E-state index contributed by atoms with van der Waals surface area (Å²) in [6, 6.07) is 3.80. The average molecular weight is 223 g/mol. The molecule has 0 spiro atoms. The Kier molecular flexibility index (Phi) is 2.70. The monoisotopic (exact) mass is 222 g/mol. The van der Waals surface area contributed by atoms with Crippen LogP contribution in [0.25, 0.3) is 11.3 Å². The number of hydrogen-bond donors (Lipinski definition) is 1. The number of nitrogens with zero attached hydrogens (tertiary/aromatic N) is 3. The molecular weight excluding hydrogens is 212 g/mol. The van der Waals surface area contributed by atoms with Gasteiger partial charge in [-0.05, 0) is 12.1 Å². The topological polar surface area (TPSA) is 56.7 Å². The van der Waals surface area contributed by atoms with Crippen LogP contribution in [0.3, 0.4) is 0 Å². The molecule has 0 aliphatic carbocycles. The summed E-state index contributed by atoms with van der Waals surface area (Å²) in [6.45, 7) is 0.372. The summed E-state index contributed by atoms with van der Waals surface area (Å²) in [6.07, 6.45) is 3.47. The van der Waals surface area contributed by atoms with Gasteiger partial charge in [0, 0.05) is 25.0 Å². The number of nitrogens with two attached hydrogens (primary N) is 1. The van der Waals surface area contributed by atoms with Crippen molar-refractivity contribution in [2.75, 3.05) is 0 Å². The van der Waals surface area contributed by atoms with E-state index in [1.165, 1.54) is 0 Å². The van der Waals surface area contributed by atoms with E-state index in [-0.39, 0.29) is 0 Å². The largest absolute Gasteiger partial charge is 0.329 e. The Morgan fingerprint density at radius 2 is 2.33 bits per heavy atom. The van der Waals surface area contributed by atoms with E-state index in [9.17, 15) is 0 Å². The molecule has 78 valence electrons. The molecule has 0 aliphatic heterocycles. The lowest BCUT2D eigenvalue weighted by Gasteiger charge is -2.04. The van der Waals surface area contributed by atoms with Crippen molar-refractivity contribution in [3.63, 3.8) is 0 Å². The van der Waals surface area contributed by atoms with Crippen molar-refractivity contribution in [3.8, 4) is 11.3 Å². The minimum Gasteiger partial charge on any atom is -0.329 e. The summed E-state index contributed by atoms with van der Waals surface area (Å²) in [7, 11) is 1.89. The van der Waals surface area contributed by atoms with E-state index in [0.717, 1.165) is 17.1 Å². The van der Waals surface area contributed by atoms with E-state index in [1.807, 2.05) is 23.7 Å². The second kappa shape index (κ2) is 4.00. The molecular formula is C10H11ClN4. The third kappa shape index (κ3) is 1.73. The zero-order chi connectivity index (χ0) is 10.8. The Balaban J connectivity index is 2.58. The molecule has 0 fully saturated rings. The molecule has 2 heterocycles. The predicted molar refractivity (Wildman–Crippen MR) is 59.3 cm³/mol. The lowest BCUT2D eigenvalue weighted by atomic mass is 10.2. The summed E-state index contributed by atoms with van der Waals surface area (Å²) in [4.78, 5) is 8.23. The van der Waals surface area contributed by atoms with Gasteiger partial charge in [0.1, 0.15) is 5.82 Å². The standard InChI is InChI=1S/C10H11ClN4/c1-15-8(5-12)14-10(11)9(15)7-3-2-4-13-6-7/h2-4,6H,5,12H2,1H3. The van der Waals surface area contributed by atoms with Gasteiger partial charge in [0.2, 0.25) is 0 Å². The van der Waals surface area contributed by atoms with Crippen molar-refractivity contribution in [1.82, 2.24) is 14.5 Å². The molecule has 2 aromatic heterocycles. The van der Waals surface area contributed by atoms with Crippen molar-refractivity contribution in [2.45, 2.75) is 6.54 Å². The number of halogens is 1. The zero-order valence-electron chi connectivity index (χ0n) is 8.31. The quantitative estimate of drug-likeness (QED) is 0.840. The average Bonchev–Trinajstić information content (AvgIpc) is 2.55. The Labute approximate surface area is 92.7 Å². The smallest absolute Gasteiger partial charge is 0.155 e. The Hall–Kier alpha value is -1.39. The fourth-order valence-electron chi connectivity index (χ4n) is 1.51. The summed E-state index contributed by atoms with van der Waals surface area (Å²) in [5.74, 6) is 0.763. The molecule has 2 rings (SSSR count). The van der Waals surface area contributed by atoms with Crippen molar-refractivity contribution >= 4 is 11.6 Å². The molecule has 0 radical (unpaired) electrons. The van der Waals surface area contributed by atoms with E-state index < -0.39 is 0 Å². The van der Waals surface area contributed by atoms with Crippen molar-refractivity contribution in [3.05, 3.63) is 35.5 Å². The minimum atomic E-state index is 0.372. The minimum absolute atomic E-state index is 0.372. The van der Waals surface area contributed by atoms with Gasteiger partial charge in [0.25, 0.3) is 0 Å². The summed E-state index contributed by atoms with van der Waals surface area (Å²) < 4.78 is 1.89. The highest BCUT2D eigenvalue weighted by Crippen LogP contribution is 2.26. The number of pyridine rings is 1. The van der Waals surface area contributed by atoms with Crippen LogP contribution in [0, 0.1) is 0 Å². The molecule has 0 unspecified atom stereocenters. The number of imidazole rings is 1. The van der Waals surface area contributed by atoms with E-state index in [0.29, 0.717) is 11.7 Å². The van der Waals surface area contributed by atoms with Crippen LogP contribution in [0.4, 0.5) is 0 Å². The maximum atomic E-state index is 6.05. The summed E-state index contributed by atoms with van der Waals surface area (Å²) in [5.41, 5.74) is 7.35. The second-order valence-electron chi connectivity index (χ2n) is 3.17. The lowest BCUT2D eigenvalue weighted by molar-refractivity contribution is 0.798. The van der Waals surface area contributed by atoms with E-state index >= 15 is 0 Å². The van der Waals surface area contributed by atoms with Crippen LogP contribution in [-0.2, 0) is 13.6 Å². The Morgan fingerprint density at radius 3 is 2.87 bits per heavy atom. The fourth-order valence-corrected chi connectivity index (χ4v) is 1.84. The molecule has 0 amide bonds. The van der Waals surface area contributed by atoms with Crippen LogP contribution < -0.4 is 5.73 Å². The first-order valence-corrected chi connectivity index (χ1v) is 4.93. The van der Waals surface area contributed by atoms with Gasteiger partial charge in [-0.25, -0.2) is 4.98 Å². The van der Waals surface area contributed by atoms with Crippen LogP contribution >= 0.6 is 11.6 Å². The molecule has 5 heteroatoms. The first-order valence-electron chi connectivity index (χ1n) is 4.55. The molecule has 0 aliphatic rings. The molecule has 0 bridgehead atoms. The van der Waals surface area contributed by atoms with Crippen LogP contribution in [0.15, 0.2) is 24.5 Å². The van der Waals surface area contributed by atoms with E-state index in [1.54, 1.807) is 12.4 Å². The number of rotatable bonds is 2. The molecule has 0 atom stereocenters. The number of hydrogen-bond acceptors (Lipinski definition) is 3. The van der Waals surface area contributed by atoms with Crippen molar-refractivity contribution < 1.29 is 0 Å². The molecule has 0 aromatic carbocycles. The molecule has 2 N–H and O–H groups in total. The second-order valence-corrected chi connectivity index (χ2v) is 3.53. The van der Waals surface area contributed by atoms with Gasteiger partial charge in [0.05, 0.1) is 12.2 Å². The highest BCUT2D eigenvalue weighted by Gasteiger charge is 2.13. The van der Waals surface area contributed by atoms with Gasteiger partial charge in [-0.1, -0.05) is 11.6 Å². The molecule has 0 saturated heterocycles. The lowest BCUT2D eigenvalue weighted by Crippen LogP contribution is -2.05. The predicted octanol–water partition coefficient (Wildman–Crippen LogP) is 1.59. The first kappa shape index (κ1) is 10.1. The van der Waals surface area contributed by atoms with Crippen LogP contribution in [0.5, 0.6) is 0 Å². The molecule has 0 saturated carbocycles. The maximum absolute atomic E-state index is 6.05. The highest BCUT2D eigenvalue weighted by molar-refractivity contribution is 6.32. The van der Waals surface area contributed by atoms with Gasteiger partial charge in [-0.15, -0.1) is 0 Å². The first-order chi connectivity index (χ1) is 7.24. The summed E-state index contributed by atoms with van der Waals surface area (Å²) >= 11 is 6.05. The van der Waals surface area contributed by atoms with Crippen LogP contribution in [0.1, 0.15) is 5.82 Å². The summed E-state index contributed by atoms with van der Waals surface area (Å²) in [5, 5.41) is 0.464. The third-order valence-corrected chi connectivity index (χ3v) is 2.53. The Morgan fingerprint density at radius 1 is 1.53 bits per heavy atom. The number of aromatic nitrogens is 3. The zero-order valence-corrected chi connectivity index (χ0v) is 9.07. The van der Waals surface area contributed by atoms with Crippen molar-refractivity contribution in [1.29, 1.82) is 0 Å². The highest BCUT2D eigenvalue weighted by atomic mass is 35.5. The maximum Gasteiger partial charge on any atom is 0.155 e. The van der Waals surface area contributed by atoms with Gasteiger partial charge >= 0.3 is 0 Å².